The van der Waals surface area contributed by atoms with E-state index in [9.17, 15) is 0 Å². The van der Waals surface area contributed by atoms with Gasteiger partial charge in [0, 0.05) is 25.3 Å². The van der Waals surface area contributed by atoms with Gasteiger partial charge in [-0.05, 0) is 18.8 Å². The van der Waals surface area contributed by atoms with Gasteiger partial charge in [0.05, 0.1) is 0 Å². The molecule has 2 nitrogen and oxygen atoms in total. The molecule has 0 radical (unpaired) electrons. The summed E-state index contributed by atoms with van der Waals surface area (Å²) in [5.41, 5.74) is 0.493. The topological polar surface area (TPSA) is 21.3 Å². The summed E-state index contributed by atoms with van der Waals surface area (Å²) < 4.78 is 5.35. The molecule has 11 heavy (non-hydrogen) atoms. The van der Waals surface area contributed by atoms with Crippen LogP contribution in [-0.4, -0.2) is 25.3 Å². The van der Waals surface area contributed by atoms with Gasteiger partial charge >= 0.3 is 0 Å². The summed E-state index contributed by atoms with van der Waals surface area (Å²) in [6.07, 6.45) is 3.78. The Morgan fingerprint density at radius 1 is 1.45 bits per heavy atom. The van der Waals surface area contributed by atoms with Crippen LogP contribution in [0.5, 0.6) is 0 Å². The minimum absolute atomic E-state index is 0.493. The van der Waals surface area contributed by atoms with Crippen molar-refractivity contribution >= 4 is 0 Å². The van der Waals surface area contributed by atoms with Crippen molar-refractivity contribution in [2.75, 3.05) is 19.8 Å². The number of hydrogen-bond acceptors (Lipinski definition) is 2. The Balaban J connectivity index is 1.97. The van der Waals surface area contributed by atoms with E-state index in [1.54, 1.807) is 0 Å². The summed E-state index contributed by atoms with van der Waals surface area (Å²) in [5, 5.41) is 3.58. The van der Waals surface area contributed by atoms with E-state index >= 15 is 0 Å². The summed E-state index contributed by atoms with van der Waals surface area (Å²) >= 11 is 0. The Hall–Kier alpha value is -0.0800. The summed E-state index contributed by atoms with van der Waals surface area (Å²) in [4.78, 5) is 0. The van der Waals surface area contributed by atoms with Gasteiger partial charge in [0.1, 0.15) is 0 Å². The van der Waals surface area contributed by atoms with Crippen LogP contribution >= 0.6 is 0 Å². The summed E-state index contributed by atoms with van der Waals surface area (Å²) in [5.74, 6) is 0.923. The first kappa shape index (κ1) is 7.56. The largest absolute Gasteiger partial charge is 0.381 e. The highest BCUT2D eigenvalue weighted by atomic mass is 16.5. The maximum atomic E-state index is 5.35. The Morgan fingerprint density at radius 3 is 2.64 bits per heavy atom. The van der Waals surface area contributed by atoms with E-state index in [0.29, 0.717) is 5.54 Å². The Morgan fingerprint density at radius 2 is 2.18 bits per heavy atom. The van der Waals surface area contributed by atoms with E-state index in [2.05, 4.69) is 12.2 Å². The van der Waals surface area contributed by atoms with Crippen molar-refractivity contribution in [2.45, 2.75) is 31.7 Å². The zero-order valence-corrected chi connectivity index (χ0v) is 7.23. The molecule has 0 amide bonds. The quantitative estimate of drug-likeness (QED) is 0.613. The van der Waals surface area contributed by atoms with Crippen molar-refractivity contribution in [3.63, 3.8) is 0 Å². The molecular weight excluding hydrogens is 138 g/mol. The van der Waals surface area contributed by atoms with Crippen molar-refractivity contribution in [3.8, 4) is 0 Å². The fourth-order valence-electron chi connectivity index (χ4n) is 2.39. The van der Waals surface area contributed by atoms with E-state index in [-0.39, 0.29) is 0 Å². The Bertz CT molecular complexity index is 138. The molecule has 0 aromatic heterocycles. The zero-order valence-electron chi connectivity index (χ0n) is 7.23. The van der Waals surface area contributed by atoms with Crippen molar-refractivity contribution in [1.29, 1.82) is 0 Å². The first-order valence-corrected chi connectivity index (χ1v) is 4.70. The molecule has 0 aliphatic carbocycles. The molecule has 2 fully saturated rings. The van der Waals surface area contributed by atoms with Crippen LogP contribution in [0.25, 0.3) is 0 Å². The zero-order chi connectivity index (χ0) is 7.73. The standard InChI is InChI=1S/C9H17NO/c1-2-8-7-10-9(8)3-5-11-6-4-9/h8,10H,2-7H2,1H3/t8-/m1/s1. The number of hydrogen-bond donors (Lipinski definition) is 1. The molecule has 2 heteroatoms. The lowest BCUT2D eigenvalue weighted by Gasteiger charge is -2.53. The lowest BCUT2D eigenvalue weighted by atomic mass is 9.70. The lowest BCUT2D eigenvalue weighted by Crippen LogP contribution is -2.66. The highest BCUT2D eigenvalue weighted by molar-refractivity contribution is 5.04. The third-order valence-corrected chi connectivity index (χ3v) is 3.36. The molecule has 0 saturated carbocycles. The van der Waals surface area contributed by atoms with Crippen LogP contribution in [0.1, 0.15) is 26.2 Å². The van der Waals surface area contributed by atoms with Crippen LogP contribution in [0.3, 0.4) is 0 Å². The van der Waals surface area contributed by atoms with E-state index in [0.717, 1.165) is 19.1 Å². The van der Waals surface area contributed by atoms with Gasteiger partial charge in [-0.3, -0.25) is 0 Å². The molecule has 0 aromatic carbocycles. The summed E-state index contributed by atoms with van der Waals surface area (Å²) in [6.45, 7) is 5.45. The third-order valence-electron chi connectivity index (χ3n) is 3.36. The van der Waals surface area contributed by atoms with E-state index in [4.69, 9.17) is 4.74 Å². The molecule has 2 heterocycles. The average Bonchev–Trinajstić information content (AvgIpc) is 2.05. The lowest BCUT2D eigenvalue weighted by molar-refractivity contribution is -0.0299. The van der Waals surface area contributed by atoms with E-state index in [1.807, 2.05) is 0 Å². The smallest absolute Gasteiger partial charge is 0.0483 e. The molecule has 1 N–H and O–H groups in total. The highest BCUT2D eigenvalue weighted by Gasteiger charge is 2.45. The van der Waals surface area contributed by atoms with Crippen molar-refractivity contribution in [1.82, 2.24) is 5.32 Å². The van der Waals surface area contributed by atoms with Gasteiger partial charge in [-0.25, -0.2) is 0 Å². The minimum atomic E-state index is 0.493. The maximum Gasteiger partial charge on any atom is 0.0483 e. The predicted octanol–water partition coefficient (Wildman–Crippen LogP) is 1.17. The van der Waals surface area contributed by atoms with Gasteiger partial charge in [0.15, 0.2) is 0 Å². The summed E-state index contributed by atoms with van der Waals surface area (Å²) in [6, 6.07) is 0. The van der Waals surface area contributed by atoms with E-state index < -0.39 is 0 Å². The minimum Gasteiger partial charge on any atom is -0.381 e. The molecule has 2 aliphatic rings. The fraction of sp³-hybridized carbons (Fsp3) is 1.00. The maximum absolute atomic E-state index is 5.35. The SMILES string of the molecule is CC[C@@H]1CNC12CCOCC2. The first-order chi connectivity index (χ1) is 5.37. The molecule has 1 spiro atoms. The van der Waals surface area contributed by atoms with Gasteiger partial charge in [-0.15, -0.1) is 0 Å². The third kappa shape index (κ3) is 1.09. The predicted molar refractivity (Wildman–Crippen MR) is 44.6 cm³/mol. The molecule has 0 unspecified atom stereocenters. The second kappa shape index (κ2) is 2.76. The number of ether oxygens (including phenoxy) is 1. The molecule has 2 aliphatic heterocycles. The molecule has 64 valence electrons. The second-order valence-corrected chi connectivity index (χ2v) is 3.75. The van der Waals surface area contributed by atoms with Crippen molar-refractivity contribution in [2.24, 2.45) is 5.92 Å². The van der Waals surface area contributed by atoms with Crippen LogP contribution in [0, 0.1) is 5.92 Å². The van der Waals surface area contributed by atoms with Gasteiger partial charge in [-0.2, -0.15) is 0 Å². The van der Waals surface area contributed by atoms with E-state index in [1.165, 1.54) is 25.8 Å². The van der Waals surface area contributed by atoms with Crippen molar-refractivity contribution in [3.05, 3.63) is 0 Å². The molecule has 0 bridgehead atoms. The Kier molecular flexibility index (Phi) is 1.90. The van der Waals surface area contributed by atoms with Crippen LogP contribution < -0.4 is 5.32 Å². The first-order valence-electron chi connectivity index (χ1n) is 4.70. The average molecular weight is 155 g/mol. The monoisotopic (exact) mass is 155 g/mol. The van der Waals surface area contributed by atoms with Gasteiger partial charge in [0.2, 0.25) is 0 Å². The number of rotatable bonds is 1. The van der Waals surface area contributed by atoms with Gasteiger partial charge in [-0.1, -0.05) is 13.3 Å². The highest BCUT2D eigenvalue weighted by Crippen LogP contribution is 2.37. The van der Waals surface area contributed by atoms with Crippen LogP contribution in [0.2, 0.25) is 0 Å². The van der Waals surface area contributed by atoms with Crippen LogP contribution in [0.15, 0.2) is 0 Å². The molecule has 1 atom stereocenters. The molecular formula is C9H17NO. The number of nitrogens with one attached hydrogen (secondary N) is 1. The normalized spacial score (nSPS) is 35.2. The Labute approximate surface area is 68.3 Å². The van der Waals surface area contributed by atoms with Crippen LogP contribution in [0.4, 0.5) is 0 Å². The molecule has 0 aromatic rings. The summed E-state index contributed by atoms with van der Waals surface area (Å²) in [7, 11) is 0. The van der Waals surface area contributed by atoms with Gasteiger partial charge < -0.3 is 10.1 Å². The van der Waals surface area contributed by atoms with Crippen molar-refractivity contribution < 1.29 is 4.74 Å². The second-order valence-electron chi connectivity index (χ2n) is 3.75. The van der Waals surface area contributed by atoms with Crippen LogP contribution in [-0.2, 0) is 4.74 Å². The van der Waals surface area contributed by atoms with Gasteiger partial charge in [0.25, 0.3) is 0 Å². The molecule has 2 saturated heterocycles. The molecule has 2 rings (SSSR count). The fourth-order valence-corrected chi connectivity index (χ4v) is 2.39.